The fourth-order valence-corrected chi connectivity index (χ4v) is 3.14. The number of amides is 2. The first-order chi connectivity index (χ1) is 15.0. The summed E-state index contributed by atoms with van der Waals surface area (Å²) >= 11 is 0. The van der Waals surface area contributed by atoms with E-state index in [1.54, 1.807) is 19.1 Å². The van der Waals surface area contributed by atoms with Gasteiger partial charge in [0.05, 0.1) is 18.7 Å². The molecule has 1 N–H and O–H groups in total. The van der Waals surface area contributed by atoms with Gasteiger partial charge < -0.3 is 14.8 Å². The minimum absolute atomic E-state index is 0.00994. The van der Waals surface area contributed by atoms with Gasteiger partial charge in [-0.2, -0.15) is 0 Å². The second kappa shape index (κ2) is 10.4. The molecular weight excluding hydrogens is 400 g/mol. The van der Waals surface area contributed by atoms with Crippen molar-refractivity contribution in [2.24, 2.45) is 0 Å². The van der Waals surface area contributed by atoms with E-state index in [9.17, 15) is 19.2 Å². The van der Waals surface area contributed by atoms with E-state index in [1.165, 1.54) is 11.0 Å². The monoisotopic (exact) mass is 424 g/mol. The summed E-state index contributed by atoms with van der Waals surface area (Å²) < 4.78 is 10.3. The van der Waals surface area contributed by atoms with Crippen molar-refractivity contribution in [3.63, 3.8) is 0 Å². The van der Waals surface area contributed by atoms with E-state index >= 15 is 0 Å². The average molecular weight is 424 g/mol. The second-order valence-electron chi connectivity index (χ2n) is 6.94. The van der Waals surface area contributed by atoms with Crippen LogP contribution in [0.3, 0.4) is 0 Å². The number of ketones is 1. The second-order valence-corrected chi connectivity index (χ2v) is 6.94. The van der Waals surface area contributed by atoms with E-state index in [2.05, 4.69) is 5.32 Å². The van der Waals surface area contributed by atoms with E-state index in [4.69, 9.17) is 9.47 Å². The highest BCUT2D eigenvalue weighted by molar-refractivity contribution is 6.04. The molecule has 0 spiro atoms. The topological polar surface area (TPSA) is 102 Å². The Morgan fingerprint density at radius 2 is 1.87 bits per heavy atom. The standard InChI is InChI=1S/C23H24N2O6/c1-2-30-23(29)11-9-19(26)17-8-10-20-18(12-17)25(22(28)15-31-20)14-21(27)24-13-16-6-4-3-5-7-16/h3-8,10,12H,2,9,11,13-15H2,1H3,(H,24,27). The number of nitrogens with one attached hydrogen (secondary N) is 1. The maximum Gasteiger partial charge on any atom is 0.306 e. The van der Waals surface area contributed by atoms with E-state index in [0.717, 1.165) is 5.56 Å². The number of benzene rings is 2. The number of carbonyl (C=O) groups excluding carboxylic acids is 4. The zero-order valence-electron chi connectivity index (χ0n) is 17.3. The molecule has 0 aliphatic carbocycles. The molecule has 2 aromatic rings. The maximum absolute atomic E-state index is 12.5. The molecule has 0 saturated heterocycles. The van der Waals surface area contributed by atoms with Gasteiger partial charge in [-0.1, -0.05) is 30.3 Å². The van der Waals surface area contributed by atoms with Crippen LogP contribution >= 0.6 is 0 Å². The highest BCUT2D eigenvalue weighted by Crippen LogP contribution is 2.33. The molecule has 162 valence electrons. The number of Topliss-reactive ketones (excluding diaryl/α,β-unsaturated/α-hetero) is 1. The van der Waals surface area contributed by atoms with Crippen LogP contribution in [0.4, 0.5) is 5.69 Å². The molecule has 1 aliphatic rings. The third-order valence-corrected chi connectivity index (χ3v) is 4.72. The number of hydrogen-bond donors (Lipinski definition) is 1. The Balaban J connectivity index is 1.68. The van der Waals surface area contributed by atoms with Gasteiger partial charge in [0.2, 0.25) is 5.91 Å². The number of fused-ring (bicyclic) bond motifs is 1. The Labute approximate surface area is 180 Å². The van der Waals surface area contributed by atoms with Gasteiger partial charge in [0.15, 0.2) is 12.4 Å². The SMILES string of the molecule is CCOC(=O)CCC(=O)c1ccc2c(c1)N(CC(=O)NCc1ccccc1)C(=O)CO2. The van der Waals surface area contributed by atoms with Crippen molar-refractivity contribution in [1.29, 1.82) is 0 Å². The highest BCUT2D eigenvalue weighted by Gasteiger charge is 2.28. The molecule has 8 nitrogen and oxygen atoms in total. The number of ether oxygens (including phenoxy) is 2. The normalized spacial score (nSPS) is 12.5. The molecule has 3 rings (SSSR count). The van der Waals surface area contributed by atoms with Gasteiger partial charge in [0.25, 0.3) is 5.91 Å². The number of rotatable bonds is 9. The predicted octanol–water partition coefficient (Wildman–Crippen LogP) is 2.25. The Morgan fingerprint density at radius 1 is 1.10 bits per heavy atom. The van der Waals surface area contributed by atoms with Gasteiger partial charge >= 0.3 is 5.97 Å². The summed E-state index contributed by atoms with van der Waals surface area (Å²) in [4.78, 5) is 50.1. The summed E-state index contributed by atoms with van der Waals surface area (Å²) in [5.74, 6) is -0.994. The maximum atomic E-state index is 12.5. The average Bonchev–Trinajstić information content (AvgIpc) is 2.78. The van der Waals surface area contributed by atoms with Crippen LogP contribution in [0.2, 0.25) is 0 Å². The molecule has 0 aromatic heterocycles. The van der Waals surface area contributed by atoms with E-state index in [1.807, 2.05) is 30.3 Å². The van der Waals surface area contributed by atoms with Crippen molar-refractivity contribution in [3.05, 3.63) is 59.7 Å². The van der Waals surface area contributed by atoms with E-state index in [0.29, 0.717) is 23.5 Å². The molecule has 8 heteroatoms. The predicted molar refractivity (Wildman–Crippen MR) is 113 cm³/mol. The van der Waals surface area contributed by atoms with Crippen LogP contribution in [-0.2, 0) is 25.7 Å². The summed E-state index contributed by atoms with van der Waals surface area (Å²) in [6.07, 6.45) is -0.0330. The largest absolute Gasteiger partial charge is 0.482 e. The van der Waals surface area contributed by atoms with Crippen molar-refractivity contribution in [2.75, 3.05) is 24.7 Å². The third-order valence-electron chi connectivity index (χ3n) is 4.72. The summed E-state index contributed by atoms with van der Waals surface area (Å²) in [6.45, 7) is 1.92. The minimum atomic E-state index is -0.441. The Bertz CT molecular complexity index is 973. The molecule has 2 amide bonds. The Morgan fingerprint density at radius 3 is 2.61 bits per heavy atom. The lowest BCUT2D eigenvalue weighted by atomic mass is 10.0. The third kappa shape index (κ3) is 5.91. The molecule has 0 fully saturated rings. The number of anilines is 1. The zero-order chi connectivity index (χ0) is 22.2. The first-order valence-corrected chi connectivity index (χ1v) is 10.0. The molecule has 1 aliphatic heterocycles. The van der Waals surface area contributed by atoms with Crippen LogP contribution in [0.1, 0.15) is 35.7 Å². The van der Waals surface area contributed by atoms with Crippen LogP contribution < -0.4 is 15.0 Å². The lowest BCUT2D eigenvalue weighted by Gasteiger charge is -2.29. The molecule has 1 heterocycles. The smallest absolute Gasteiger partial charge is 0.306 e. The highest BCUT2D eigenvalue weighted by atomic mass is 16.5. The van der Waals surface area contributed by atoms with Gasteiger partial charge in [-0.3, -0.25) is 24.1 Å². The Hall–Kier alpha value is -3.68. The number of esters is 1. The molecule has 2 aromatic carbocycles. The number of nitrogens with zero attached hydrogens (tertiary/aromatic N) is 1. The molecule has 0 saturated carbocycles. The number of hydrogen-bond acceptors (Lipinski definition) is 6. The lowest BCUT2D eigenvalue weighted by molar-refractivity contribution is -0.143. The Kier molecular flexibility index (Phi) is 7.37. The van der Waals surface area contributed by atoms with Crippen molar-refractivity contribution in [2.45, 2.75) is 26.3 Å². The minimum Gasteiger partial charge on any atom is -0.482 e. The molecule has 0 bridgehead atoms. The van der Waals surface area contributed by atoms with Crippen LogP contribution in [0.25, 0.3) is 0 Å². The van der Waals surface area contributed by atoms with Gasteiger partial charge in [-0.25, -0.2) is 0 Å². The van der Waals surface area contributed by atoms with Gasteiger partial charge in [0, 0.05) is 18.5 Å². The van der Waals surface area contributed by atoms with E-state index < -0.39 is 5.97 Å². The molecule has 0 atom stereocenters. The van der Waals surface area contributed by atoms with Crippen molar-refractivity contribution >= 4 is 29.3 Å². The van der Waals surface area contributed by atoms with Crippen LogP contribution in [0.15, 0.2) is 48.5 Å². The number of carbonyl (C=O) groups is 4. The lowest BCUT2D eigenvalue weighted by Crippen LogP contribution is -2.45. The fraction of sp³-hybridized carbons (Fsp3) is 0.304. The first-order valence-electron chi connectivity index (χ1n) is 10.0. The summed E-state index contributed by atoms with van der Waals surface area (Å²) in [5.41, 5.74) is 1.63. The van der Waals surface area contributed by atoms with Crippen LogP contribution in [-0.4, -0.2) is 43.3 Å². The van der Waals surface area contributed by atoms with Gasteiger partial charge in [0.1, 0.15) is 12.3 Å². The van der Waals surface area contributed by atoms with Crippen molar-refractivity contribution in [1.82, 2.24) is 5.32 Å². The molecular formula is C23H24N2O6. The quantitative estimate of drug-likeness (QED) is 0.489. The molecule has 0 unspecified atom stereocenters. The summed E-state index contributed by atoms with van der Waals surface area (Å²) in [5, 5.41) is 2.79. The fourth-order valence-electron chi connectivity index (χ4n) is 3.14. The van der Waals surface area contributed by atoms with Crippen LogP contribution in [0.5, 0.6) is 5.75 Å². The molecule has 31 heavy (non-hydrogen) atoms. The summed E-state index contributed by atoms with van der Waals surface area (Å²) in [7, 11) is 0. The van der Waals surface area contributed by atoms with Crippen molar-refractivity contribution in [3.8, 4) is 5.75 Å². The van der Waals surface area contributed by atoms with Crippen molar-refractivity contribution < 1.29 is 28.7 Å². The van der Waals surface area contributed by atoms with Crippen LogP contribution in [0, 0.1) is 0 Å². The van der Waals surface area contributed by atoms with Gasteiger partial charge in [-0.05, 0) is 30.7 Å². The van der Waals surface area contributed by atoms with Gasteiger partial charge in [-0.15, -0.1) is 0 Å². The first kappa shape index (κ1) is 22.0. The summed E-state index contributed by atoms with van der Waals surface area (Å²) in [6, 6.07) is 14.1. The zero-order valence-corrected chi connectivity index (χ0v) is 17.3. The van der Waals surface area contributed by atoms with E-state index in [-0.39, 0.29) is 50.2 Å². The molecule has 0 radical (unpaired) electrons.